The minimum Gasteiger partial charge on any atom is -0.390 e. The fourth-order valence-electron chi connectivity index (χ4n) is 3.05. The lowest BCUT2D eigenvalue weighted by Gasteiger charge is -2.33. The van der Waals surface area contributed by atoms with E-state index in [0.717, 1.165) is 18.1 Å². The number of hydrogen-bond donors (Lipinski definition) is 2. The van der Waals surface area contributed by atoms with E-state index in [4.69, 9.17) is 9.47 Å². The molecule has 0 aliphatic carbocycles. The van der Waals surface area contributed by atoms with Gasteiger partial charge in [-0.15, -0.1) is 0 Å². The normalized spacial score (nSPS) is 24.2. The molecule has 0 unspecified atom stereocenters. The van der Waals surface area contributed by atoms with Crippen molar-refractivity contribution in [1.82, 2.24) is 14.9 Å². The summed E-state index contributed by atoms with van der Waals surface area (Å²) in [6.07, 6.45) is 3.04. The second-order valence-corrected chi connectivity index (χ2v) is 6.20. The Balaban J connectivity index is 1.51. The van der Waals surface area contributed by atoms with Gasteiger partial charge in [0.1, 0.15) is 11.9 Å². The molecule has 2 heterocycles. The van der Waals surface area contributed by atoms with Crippen molar-refractivity contribution in [2.45, 2.75) is 25.7 Å². The molecule has 2 aromatic rings. The van der Waals surface area contributed by atoms with Crippen LogP contribution in [0.3, 0.4) is 0 Å². The first-order valence-electron chi connectivity index (χ1n) is 8.27. The van der Waals surface area contributed by atoms with Crippen LogP contribution in [0.5, 0.6) is 0 Å². The number of nitrogens with zero attached hydrogens (tertiary/aromatic N) is 2. The van der Waals surface area contributed by atoms with E-state index in [1.807, 2.05) is 13.1 Å². The minimum atomic E-state index is -0.483. The highest BCUT2D eigenvalue weighted by molar-refractivity contribution is 5.35. The lowest BCUT2D eigenvalue weighted by molar-refractivity contribution is -0.133. The Hall–Kier alpha value is -1.73. The second-order valence-electron chi connectivity index (χ2n) is 6.20. The summed E-state index contributed by atoms with van der Waals surface area (Å²) in [7, 11) is 1.61. The van der Waals surface area contributed by atoms with Crippen molar-refractivity contribution in [3.63, 3.8) is 0 Å². The zero-order valence-electron chi connectivity index (χ0n) is 14.2. The molecule has 1 aromatic carbocycles. The fourth-order valence-corrected chi connectivity index (χ4v) is 3.05. The van der Waals surface area contributed by atoms with E-state index in [1.54, 1.807) is 13.3 Å². The number of nitrogens with one attached hydrogen (secondary N) is 1. The first kappa shape index (κ1) is 17.1. The van der Waals surface area contributed by atoms with Crippen LogP contribution in [0.2, 0.25) is 0 Å². The van der Waals surface area contributed by atoms with Gasteiger partial charge in [0.15, 0.2) is 0 Å². The summed E-state index contributed by atoms with van der Waals surface area (Å²) >= 11 is 0. The van der Waals surface area contributed by atoms with Crippen molar-refractivity contribution in [1.29, 1.82) is 0 Å². The molecule has 3 rings (SSSR count). The molecule has 6 nitrogen and oxygen atoms in total. The fraction of sp³-hybridized carbons (Fsp3) is 0.500. The van der Waals surface area contributed by atoms with Gasteiger partial charge in [-0.3, -0.25) is 0 Å². The highest BCUT2D eigenvalue weighted by Gasteiger charge is 2.32. The van der Waals surface area contributed by atoms with E-state index in [1.165, 1.54) is 5.56 Å². The van der Waals surface area contributed by atoms with Gasteiger partial charge in [-0.25, -0.2) is 4.98 Å². The summed E-state index contributed by atoms with van der Waals surface area (Å²) in [4.78, 5) is 4.24. The molecule has 0 bridgehead atoms. The maximum absolute atomic E-state index is 10.2. The van der Waals surface area contributed by atoms with Crippen LogP contribution in [-0.2, 0) is 16.0 Å². The molecule has 24 heavy (non-hydrogen) atoms. The Morgan fingerprint density at radius 2 is 2.12 bits per heavy atom. The molecule has 6 heteroatoms. The zero-order valence-corrected chi connectivity index (χ0v) is 14.2. The van der Waals surface area contributed by atoms with Gasteiger partial charge in [-0.2, -0.15) is 0 Å². The third kappa shape index (κ3) is 3.84. The summed E-state index contributed by atoms with van der Waals surface area (Å²) in [5.41, 5.74) is 2.30. The van der Waals surface area contributed by atoms with Gasteiger partial charge in [0.25, 0.3) is 0 Å². The van der Waals surface area contributed by atoms with Crippen molar-refractivity contribution in [2.24, 2.45) is 5.92 Å². The van der Waals surface area contributed by atoms with Crippen LogP contribution in [0, 0.1) is 12.8 Å². The van der Waals surface area contributed by atoms with Crippen molar-refractivity contribution in [3.8, 4) is 5.69 Å². The maximum atomic E-state index is 10.2. The molecule has 1 fully saturated rings. The van der Waals surface area contributed by atoms with Crippen molar-refractivity contribution in [3.05, 3.63) is 48.0 Å². The van der Waals surface area contributed by atoms with Gasteiger partial charge in [-0.05, 0) is 24.6 Å². The smallest absolute Gasteiger partial charge is 0.110 e. The third-order valence-corrected chi connectivity index (χ3v) is 4.56. The Morgan fingerprint density at radius 1 is 1.33 bits per heavy atom. The summed E-state index contributed by atoms with van der Waals surface area (Å²) < 4.78 is 12.8. The van der Waals surface area contributed by atoms with Crippen LogP contribution in [0.15, 0.2) is 36.7 Å². The quantitative estimate of drug-likeness (QED) is 0.835. The number of ether oxygens (including phenoxy) is 2. The molecular formula is C18H25N3O3. The van der Waals surface area contributed by atoms with Crippen LogP contribution in [0.4, 0.5) is 0 Å². The largest absolute Gasteiger partial charge is 0.390 e. The van der Waals surface area contributed by atoms with Crippen LogP contribution < -0.4 is 5.32 Å². The van der Waals surface area contributed by atoms with E-state index in [9.17, 15) is 5.11 Å². The monoisotopic (exact) mass is 331 g/mol. The lowest BCUT2D eigenvalue weighted by atomic mass is 9.96. The van der Waals surface area contributed by atoms with Gasteiger partial charge >= 0.3 is 0 Å². The maximum Gasteiger partial charge on any atom is 0.110 e. The first-order chi connectivity index (χ1) is 11.7. The molecular weight excluding hydrogens is 306 g/mol. The molecule has 0 spiro atoms. The average molecular weight is 331 g/mol. The number of aromatic nitrogens is 2. The van der Waals surface area contributed by atoms with E-state index in [2.05, 4.69) is 39.1 Å². The molecule has 2 N–H and O–H groups in total. The van der Waals surface area contributed by atoms with E-state index >= 15 is 0 Å². The molecule has 130 valence electrons. The van der Waals surface area contributed by atoms with Crippen LogP contribution >= 0.6 is 0 Å². The Morgan fingerprint density at radius 3 is 2.79 bits per heavy atom. The number of hydrogen-bond acceptors (Lipinski definition) is 5. The zero-order chi connectivity index (χ0) is 16.9. The standard InChI is InChI=1S/C18H25N3O3/c1-13-20-7-8-21(13)16-5-3-14(4-6-16)9-19-10-15-11-24-12-17(23-2)18(15)22/h3-8,15,17-19,22H,9-12H2,1-2H3/t15-,17-,18+/m1/s1. The summed E-state index contributed by atoms with van der Waals surface area (Å²) in [5.74, 6) is 1.02. The van der Waals surface area contributed by atoms with Crippen molar-refractivity contribution < 1.29 is 14.6 Å². The number of imidazole rings is 1. The average Bonchev–Trinajstić information content (AvgIpc) is 3.03. The molecule has 1 aliphatic rings. The Bertz CT molecular complexity index is 641. The number of benzene rings is 1. The SMILES string of the molecule is CO[C@@H]1COC[C@@H](CNCc2ccc(-n3ccnc3C)cc2)[C@@H]1O. The van der Waals surface area contributed by atoms with E-state index in [0.29, 0.717) is 19.8 Å². The van der Waals surface area contributed by atoms with Gasteiger partial charge in [0.05, 0.1) is 19.3 Å². The molecule has 1 aliphatic heterocycles. The number of aliphatic hydroxyl groups excluding tert-OH is 1. The number of aliphatic hydroxyl groups is 1. The predicted octanol–water partition coefficient (Wildman–Crippen LogP) is 1.29. The summed E-state index contributed by atoms with van der Waals surface area (Å²) in [6.45, 7) is 4.46. The number of rotatable bonds is 6. The van der Waals surface area contributed by atoms with Gasteiger partial charge in [0, 0.05) is 44.2 Å². The minimum absolute atomic E-state index is 0.0524. The van der Waals surface area contributed by atoms with Crippen LogP contribution in [0.1, 0.15) is 11.4 Å². The summed E-state index contributed by atoms with van der Waals surface area (Å²) in [5, 5.41) is 13.6. The van der Waals surface area contributed by atoms with Crippen molar-refractivity contribution in [2.75, 3.05) is 26.9 Å². The highest BCUT2D eigenvalue weighted by atomic mass is 16.5. The highest BCUT2D eigenvalue weighted by Crippen LogP contribution is 2.17. The molecule has 0 amide bonds. The van der Waals surface area contributed by atoms with Gasteiger partial charge in [-0.1, -0.05) is 12.1 Å². The third-order valence-electron chi connectivity index (χ3n) is 4.56. The molecule has 0 saturated carbocycles. The topological polar surface area (TPSA) is 68.5 Å². The molecule has 3 atom stereocenters. The molecule has 0 radical (unpaired) electrons. The molecule has 1 saturated heterocycles. The second kappa shape index (κ2) is 7.90. The molecule has 1 aromatic heterocycles. The van der Waals surface area contributed by atoms with Gasteiger partial charge in [0.2, 0.25) is 0 Å². The predicted molar refractivity (Wildman–Crippen MR) is 91.1 cm³/mol. The number of aryl methyl sites for hydroxylation is 1. The van der Waals surface area contributed by atoms with Crippen LogP contribution in [0.25, 0.3) is 5.69 Å². The van der Waals surface area contributed by atoms with Crippen LogP contribution in [-0.4, -0.2) is 53.7 Å². The Kier molecular flexibility index (Phi) is 5.63. The van der Waals surface area contributed by atoms with E-state index < -0.39 is 6.10 Å². The van der Waals surface area contributed by atoms with Gasteiger partial charge < -0.3 is 24.5 Å². The number of methoxy groups -OCH3 is 1. The Labute approximate surface area is 142 Å². The summed E-state index contributed by atoms with van der Waals surface area (Å²) in [6, 6.07) is 8.39. The van der Waals surface area contributed by atoms with Crippen molar-refractivity contribution >= 4 is 0 Å². The lowest BCUT2D eigenvalue weighted by Crippen LogP contribution is -2.48. The van der Waals surface area contributed by atoms with E-state index in [-0.39, 0.29) is 12.0 Å². The first-order valence-corrected chi connectivity index (χ1v) is 8.27.